The van der Waals surface area contributed by atoms with Gasteiger partial charge in [-0.3, -0.25) is 4.90 Å². The van der Waals surface area contributed by atoms with Crippen molar-refractivity contribution in [1.29, 1.82) is 0 Å². The Labute approximate surface area is 176 Å². The highest BCUT2D eigenvalue weighted by atomic mass is 79.9. The van der Waals surface area contributed by atoms with Crippen LogP contribution < -0.4 is 5.32 Å². The molecule has 2 N–H and O–H groups in total. The Morgan fingerprint density at radius 3 is 2.75 bits per heavy atom. The zero-order valence-electron chi connectivity index (χ0n) is 17.3. The van der Waals surface area contributed by atoms with E-state index >= 15 is 0 Å². The monoisotopic (exact) mass is 446 g/mol. The van der Waals surface area contributed by atoms with E-state index < -0.39 is 0 Å². The van der Waals surface area contributed by atoms with Gasteiger partial charge in [-0.05, 0) is 63.4 Å². The van der Waals surface area contributed by atoms with Crippen molar-refractivity contribution in [2.75, 3.05) is 26.2 Å². The number of nitrogens with zero attached hydrogens (tertiary/aromatic N) is 2. The van der Waals surface area contributed by atoms with Crippen molar-refractivity contribution >= 4 is 32.9 Å². The molecule has 1 aromatic heterocycles. The predicted molar refractivity (Wildman–Crippen MR) is 118 cm³/mol. The number of hydrogen-bond donors (Lipinski definition) is 2. The van der Waals surface area contributed by atoms with Crippen LogP contribution in [0, 0.1) is 6.92 Å². The van der Waals surface area contributed by atoms with E-state index in [0.717, 1.165) is 43.5 Å². The van der Waals surface area contributed by atoms with Crippen LogP contribution in [-0.2, 0) is 6.42 Å². The van der Waals surface area contributed by atoms with Crippen LogP contribution in [0.25, 0.3) is 10.9 Å². The highest BCUT2D eigenvalue weighted by molar-refractivity contribution is 9.10. The van der Waals surface area contributed by atoms with Gasteiger partial charge in [-0.2, -0.15) is 0 Å². The van der Waals surface area contributed by atoms with E-state index in [2.05, 4.69) is 57.1 Å². The molecule has 152 valence electrons. The number of benzene rings is 1. The van der Waals surface area contributed by atoms with Crippen LogP contribution in [-0.4, -0.2) is 59.1 Å². The van der Waals surface area contributed by atoms with E-state index in [1.165, 1.54) is 27.7 Å². The molecule has 0 bridgehead atoms. The molecule has 28 heavy (non-hydrogen) atoms. The predicted octanol–water partition coefficient (Wildman–Crippen LogP) is 4.39. The summed E-state index contributed by atoms with van der Waals surface area (Å²) >= 11 is 3.71. The van der Waals surface area contributed by atoms with Crippen molar-refractivity contribution in [3.63, 3.8) is 0 Å². The second kappa shape index (κ2) is 7.71. The number of amides is 2. The number of aromatic amines is 1. The van der Waals surface area contributed by atoms with Gasteiger partial charge in [-0.15, -0.1) is 0 Å². The largest absolute Gasteiger partial charge is 0.358 e. The van der Waals surface area contributed by atoms with Crippen LogP contribution in [0.15, 0.2) is 16.6 Å². The maximum atomic E-state index is 12.7. The van der Waals surface area contributed by atoms with Crippen molar-refractivity contribution in [3.8, 4) is 0 Å². The van der Waals surface area contributed by atoms with Crippen molar-refractivity contribution in [1.82, 2.24) is 20.1 Å². The maximum absolute atomic E-state index is 12.7. The molecule has 0 spiro atoms. The number of carbonyl (C=O) groups excluding carboxylic acids is 1. The highest BCUT2D eigenvalue weighted by Gasteiger charge is 2.41. The molecule has 2 amide bonds. The summed E-state index contributed by atoms with van der Waals surface area (Å²) in [6.07, 6.45) is 2.10. The van der Waals surface area contributed by atoms with E-state index in [0.29, 0.717) is 12.0 Å². The van der Waals surface area contributed by atoms with Gasteiger partial charge in [0.15, 0.2) is 0 Å². The molecule has 1 aliphatic heterocycles. The van der Waals surface area contributed by atoms with Gasteiger partial charge < -0.3 is 15.2 Å². The van der Waals surface area contributed by atoms with E-state index in [1.54, 1.807) is 0 Å². The number of likely N-dealkylation sites (N-methyl/N-ethyl adjacent to an activating group) is 1. The Morgan fingerprint density at radius 2 is 2.07 bits per heavy atom. The number of urea groups is 1. The first-order chi connectivity index (χ1) is 13.5. The minimum atomic E-state index is 0.0675. The van der Waals surface area contributed by atoms with Gasteiger partial charge >= 0.3 is 6.03 Å². The molecule has 1 unspecified atom stereocenters. The average molecular weight is 447 g/mol. The van der Waals surface area contributed by atoms with E-state index in [9.17, 15) is 4.79 Å². The number of fused-ring (bicyclic) bond motifs is 2. The van der Waals surface area contributed by atoms with Gasteiger partial charge in [0.05, 0.1) is 0 Å². The third-order valence-electron chi connectivity index (χ3n) is 6.73. The summed E-state index contributed by atoms with van der Waals surface area (Å²) in [7, 11) is 0. The molecule has 1 fully saturated rings. The fraction of sp³-hybridized carbons (Fsp3) is 0.591. The summed E-state index contributed by atoms with van der Waals surface area (Å²) in [5.74, 6) is 0.443. The minimum absolute atomic E-state index is 0.0675. The van der Waals surface area contributed by atoms with Gasteiger partial charge in [0.25, 0.3) is 0 Å². The molecule has 5 nitrogen and oxygen atoms in total. The number of aryl methyl sites for hydroxylation is 1. The van der Waals surface area contributed by atoms with Crippen LogP contribution in [0.4, 0.5) is 4.79 Å². The molecule has 2 aromatic rings. The number of aromatic nitrogens is 1. The summed E-state index contributed by atoms with van der Waals surface area (Å²) in [5, 5.41) is 4.73. The van der Waals surface area contributed by atoms with E-state index in [-0.39, 0.29) is 12.1 Å². The molecule has 1 aliphatic carbocycles. The van der Waals surface area contributed by atoms with Crippen LogP contribution in [0.3, 0.4) is 0 Å². The Bertz CT molecular complexity index is 888. The topological polar surface area (TPSA) is 51.4 Å². The molecule has 1 aromatic carbocycles. The molecule has 2 aliphatic rings. The normalized spacial score (nSPS) is 24.2. The smallest absolute Gasteiger partial charge is 0.317 e. The Balaban J connectivity index is 1.68. The van der Waals surface area contributed by atoms with Crippen molar-refractivity contribution in [2.45, 2.75) is 58.5 Å². The standard InChI is InChI=1S/C22H31BrN4O/c1-5-26(6-2)22(28)25-15-10-17-18-8-14(23)9-19-21(18)16(13(4)24-19)11-20(17)27(7-3)12-15/h8-9,15,17,20,24H,5-7,10-12H2,1-4H3,(H,25,28)/t15-,17?,20+/m0/s1. The molecule has 2 heterocycles. The van der Waals surface area contributed by atoms with Gasteiger partial charge in [0.2, 0.25) is 0 Å². The molecule has 3 atom stereocenters. The zero-order valence-corrected chi connectivity index (χ0v) is 18.9. The molecule has 4 rings (SSSR count). The second-order valence-corrected chi connectivity index (χ2v) is 9.08. The fourth-order valence-electron chi connectivity index (χ4n) is 5.35. The third-order valence-corrected chi connectivity index (χ3v) is 7.19. The first-order valence-corrected chi connectivity index (χ1v) is 11.4. The van der Waals surface area contributed by atoms with Gasteiger partial charge in [0, 0.05) is 58.7 Å². The van der Waals surface area contributed by atoms with Crippen LogP contribution in [0.5, 0.6) is 0 Å². The molecular formula is C22H31BrN4O. The van der Waals surface area contributed by atoms with Gasteiger partial charge in [-0.1, -0.05) is 22.9 Å². The summed E-state index contributed by atoms with van der Waals surface area (Å²) < 4.78 is 1.13. The van der Waals surface area contributed by atoms with Gasteiger partial charge in [0.1, 0.15) is 0 Å². The quantitative estimate of drug-likeness (QED) is 0.731. The Morgan fingerprint density at radius 1 is 1.32 bits per heavy atom. The number of H-pyrrole nitrogens is 1. The summed E-state index contributed by atoms with van der Waals surface area (Å²) in [6, 6.07) is 5.25. The lowest BCUT2D eigenvalue weighted by atomic mass is 9.73. The molecular weight excluding hydrogens is 416 g/mol. The summed E-state index contributed by atoms with van der Waals surface area (Å²) in [4.78, 5) is 20.7. The summed E-state index contributed by atoms with van der Waals surface area (Å²) in [5.41, 5.74) is 5.43. The van der Waals surface area contributed by atoms with Crippen molar-refractivity contribution in [2.24, 2.45) is 0 Å². The SMILES string of the molecule is CCN(CC)C(=O)N[C@H]1CC2c3cc(Br)cc4[nH]c(C)c(c34)C[C@H]2N(CC)C1. The summed E-state index contributed by atoms with van der Waals surface area (Å²) in [6.45, 7) is 11.9. The third kappa shape index (κ3) is 3.24. The van der Waals surface area contributed by atoms with Crippen LogP contribution in [0.1, 0.15) is 49.9 Å². The first-order valence-electron chi connectivity index (χ1n) is 10.6. The molecule has 6 heteroatoms. The number of likely N-dealkylation sites (tertiary alicyclic amines) is 1. The van der Waals surface area contributed by atoms with Crippen molar-refractivity contribution < 1.29 is 4.79 Å². The van der Waals surface area contributed by atoms with Crippen LogP contribution >= 0.6 is 15.9 Å². The Kier molecular flexibility index (Phi) is 5.45. The number of carbonyl (C=O) groups is 1. The molecule has 1 saturated heterocycles. The lowest BCUT2D eigenvalue weighted by molar-refractivity contribution is 0.103. The maximum Gasteiger partial charge on any atom is 0.317 e. The second-order valence-electron chi connectivity index (χ2n) is 8.17. The van der Waals surface area contributed by atoms with E-state index in [4.69, 9.17) is 0 Å². The van der Waals surface area contributed by atoms with Crippen LogP contribution in [0.2, 0.25) is 0 Å². The highest BCUT2D eigenvalue weighted by Crippen LogP contribution is 2.45. The number of rotatable bonds is 4. The molecule has 0 saturated carbocycles. The zero-order chi connectivity index (χ0) is 20.0. The first kappa shape index (κ1) is 19.8. The fourth-order valence-corrected chi connectivity index (χ4v) is 5.82. The van der Waals surface area contributed by atoms with Gasteiger partial charge in [-0.25, -0.2) is 4.79 Å². The average Bonchev–Trinajstić information content (AvgIpc) is 2.98. The minimum Gasteiger partial charge on any atom is -0.358 e. The lowest BCUT2D eigenvalue weighted by Gasteiger charge is -2.47. The number of piperidine rings is 1. The van der Waals surface area contributed by atoms with Crippen molar-refractivity contribution in [3.05, 3.63) is 33.4 Å². The number of hydrogen-bond acceptors (Lipinski definition) is 2. The number of nitrogens with one attached hydrogen (secondary N) is 2. The van der Waals surface area contributed by atoms with E-state index in [1.807, 2.05) is 18.7 Å². The Hall–Kier alpha value is -1.53. The molecule has 0 radical (unpaired) electrons. The number of halogens is 1. The lowest BCUT2D eigenvalue weighted by Crippen LogP contribution is -2.57.